The van der Waals surface area contributed by atoms with Gasteiger partial charge in [0.1, 0.15) is 0 Å². The van der Waals surface area contributed by atoms with Gasteiger partial charge in [-0.25, -0.2) is 0 Å². The Morgan fingerprint density at radius 1 is 1.22 bits per heavy atom. The molecule has 18 heavy (non-hydrogen) atoms. The van der Waals surface area contributed by atoms with E-state index in [1.165, 1.54) is 51.4 Å². The van der Waals surface area contributed by atoms with Gasteiger partial charge < -0.3 is 10.4 Å². The Balaban J connectivity index is 1.76. The third-order valence-electron chi connectivity index (χ3n) is 5.25. The molecule has 2 aliphatic carbocycles. The van der Waals surface area contributed by atoms with Gasteiger partial charge in [-0.1, -0.05) is 12.8 Å². The first kappa shape index (κ1) is 14.7. The van der Waals surface area contributed by atoms with Crippen LogP contribution in [0.15, 0.2) is 0 Å². The molecule has 0 aromatic rings. The zero-order valence-corrected chi connectivity index (χ0v) is 12.8. The van der Waals surface area contributed by atoms with E-state index >= 15 is 0 Å². The summed E-state index contributed by atoms with van der Waals surface area (Å²) in [6.45, 7) is 2.50. The van der Waals surface area contributed by atoms with E-state index in [-0.39, 0.29) is 6.61 Å². The molecule has 0 aromatic heterocycles. The van der Waals surface area contributed by atoms with Gasteiger partial charge in [0, 0.05) is 17.3 Å². The van der Waals surface area contributed by atoms with E-state index in [9.17, 15) is 5.11 Å². The van der Waals surface area contributed by atoms with Gasteiger partial charge in [-0.3, -0.25) is 0 Å². The molecule has 0 amide bonds. The third kappa shape index (κ3) is 3.43. The molecule has 2 nitrogen and oxygen atoms in total. The van der Waals surface area contributed by atoms with E-state index in [4.69, 9.17) is 0 Å². The van der Waals surface area contributed by atoms with Crippen molar-refractivity contribution in [2.24, 2.45) is 5.41 Å². The minimum Gasteiger partial charge on any atom is -0.395 e. The maximum Gasteiger partial charge on any atom is 0.0564 e. The molecule has 1 spiro atoms. The molecule has 2 N–H and O–H groups in total. The molecule has 0 heterocycles. The molecule has 0 bridgehead atoms. The SMILES string of the molecule is CSC(CO)C(C)NC1CCC2(CCCC2)CC1. The average molecular weight is 271 g/mol. The van der Waals surface area contributed by atoms with Crippen LogP contribution in [0.4, 0.5) is 0 Å². The summed E-state index contributed by atoms with van der Waals surface area (Å²) in [7, 11) is 0. The van der Waals surface area contributed by atoms with Gasteiger partial charge in [0.05, 0.1) is 6.61 Å². The van der Waals surface area contributed by atoms with Crippen molar-refractivity contribution in [3.63, 3.8) is 0 Å². The van der Waals surface area contributed by atoms with Gasteiger partial charge in [0.25, 0.3) is 0 Å². The molecular weight excluding hydrogens is 242 g/mol. The van der Waals surface area contributed by atoms with Crippen LogP contribution in [0.25, 0.3) is 0 Å². The highest BCUT2D eigenvalue weighted by atomic mass is 32.2. The summed E-state index contributed by atoms with van der Waals surface area (Å²) in [6.07, 6.45) is 13.5. The first-order valence-electron chi connectivity index (χ1n) is 7.59. The minimum atomic E-state index is 0.284. The molecule has 2 unspecified atom stereocenters. The summed E-state index contributed by atoms with van der Waals surface area (Å²) in [5.74, 6) is 0. The summed E-state index contributed by atoms with van der Waals surface area (Å²) >= 11 is 1.77. The van der Waals surface area contributed by atoms with E-state index in [2.05, 4.69) is 18.5 Å². The summed E-state index contributed by atoms with van der Waals surface area (Å²) in [6, 6.07) is 1.11. The fraction of sp³-hybridized carbons (Fsp3) is 1.00. The standard InChI is InChI=1S/C15H29NOS/c1-12(14(11-17)18-2)16-13-5-9-15(10-6-13)7-3-4-8-15/h12-14,16-17H,3-11H2,1-2H3. The molecular formula is C15H29NOS. The van der Waals surface area contributed by atoms with Crippen LogP contribution in [0.1, 0.15) is 58.3 Å². The van der Waals surface area contributed by atoms with Crippen molar-refractivity contribution in [1.29, 1.82) is 0 Å². The molecule has 0 radical (unpaired) electrons. The largest absolute Gasteiger partial charge is 0.395 e. The van der Waals surface area contributed by atoms with Crippen LogP contribution >= 0.6 is 11.8 Å². The summed E-state index contributed by atoms with van der Waals surface area (Å²) in [5.41, 5.74) is 0.733. The summed E-state index contributed by atoms with van der Waals surface area (Å²) in [4.78, 5) is 0. The van der Waals surface area contributed by atoms with E-state index in [0.29, 0.717) is 17.3 Å². The lowest BCUT2D eigenvalue weighted by Crippen LogP contribution is -2.46. The Kier molecular flexibility index (Phi) is 5.40. The molecule has 2 aliphatic rings. The first-order chi connectivity index (χ1) is 8.69. The molecule has 106 valence electrons. The number of rotatable bonds is 5. The molecule has 0 saturated heterocycles. The van der Waals surface area contributed by atoms with Crippen molar-refractivity contribution in [3.05, 3.63) is 0 Å². The smallest absolute Gasteiger partial charge is 0.0564 e. The molecule has 2 atom stereocenters. The summed E-state index contributed by atoms with van der Waals surface area (Å²) in [5, 5.41) is 13.4. The highest BCUT2D eigenvalue weighted by molar-refractivity contribution is 7.99. The number of aliphatic hydroxyl groups is 1. The topological polar surface area (TPSA) is 32.3 Å². The lowest BCUT2D eigenvalue weighted by molar-refractivity contribution is 0.160. The average Bonchev–Trinajstić information content (AvgIpc) is 2.83. The second kappa shape index (κ2) is 6.62. The van der Waals surface area contributed by atoms with E-state index in [1.807, 2.05) is 0 Å². The molecule has 3 heteroatoms. The van der Waals surface area contributed by atoms with Crippen LogP contribution in [0.2, 0.25) is 0 Å². The summed E-state index contributed by atoms with van der Waals surface area (Å²) < 4.78 is 0. The van der Waals surface area contributed by atoms with E-state index in [1.54, 1.807) is 11.8 Å². The first-order valence-corrected chi connectivity index (χ1v) is 8.88. The van der Waals surface area contributed by atoms with Crippen LogP contribution in [0, 0.1) is 5.41 Å². The Labute approximate surface area is 116 Å². The third-order valence-corrected chi connectivity index (χ3v) is 6.41. The van der Waals surface area contributed by atoms with Crippen LogP contribution < -0.4 is 5.32 Å². The number of nitrogens with one attached hydrogen (secondary N) is 1. The Bertz CT molecular complexity index is 239. The Morgan fingerprint density at radius 2 is 1.83 bits per heavy atom. The fourth-order valence-electron chi connectivity index (χ4n) is 3.94. The predicted molar refractivity (Wildman–Crippen MR) is 80.1 cm³/mol. The zero-order chi connectivity index (χ0) is 13.0. The number of aliphatic hydroxyl groups excluding tert-OH is 1. The van der Waals surface area contributed by atoms with Gasteiger partial charge in [-0.2, -0.15) is 11.8 Å². The lowest BCUT2D eigenvalue weighted by atomic mass is 9.71. The monoisotopic (exact) mass is 271 g/mol. The molecule has 0 aliphatic heterocycles. The van der Waals surface area contributed by atoms with Crippen LogP contribution in [0.5, 0.6) is 0 Å². The van der Waals surface area contributed by atoms with Crippen LogP contribution in [-0.4, -0.2) is 35.3 Å². The maximum atomic E-state index is 9.33. The fourth-order valence-corrected chi connectivity index (χ4v) is 4.57. The number of hydrogen-bond donors (Lipinski definition) is 2. The van der Waals surface area contributed by atoms with Crippen LogP contribution in [0.3, 0.4) is 0 Å². The normalized spacial score (nSPS) is 27.5. The Hall–Kier alpha value is 0.270. The molecule has 2 fully saturated rings. The quantitative estimate of drug-likeness (QED) is 0.805. The second-order valence-electron chi connectivity index (χ2n) is 6.39. The minimum absolute atomic E-state index is 0.284. The predicted octanol–water partition coefficient (Wildman–Crippen LogP) is 3.19. The van der Waals surface area contributed by atoms with Crippen LogP contribution in [-0.2, 0) is 0 Å². The van der Waals surface area contributed by atoms with Gasteiger partial charge in [-0.15, -0.1) is 0 Å². The van der Waals surface area contributed by atoms with Crippen molar-refractivity contribution in [2.75, 3.05) is 12.9 Å². The number of thioether (sulfide) groups is 1. The van der Waals surface area contributed by atoms with Crippen molar-refractivity contribution in [1.82, 2.24) is 5.32 Å². The van der Waals surface area contributed by atoms with Crippen molar-refractivity contribution in [2.45, 2.75) is 75.6 Å². The molecule has 0 aromatic carbocycles. The van der Waals surface area contributed by atoms with Crippen molar-refractivity contribution < 1.29 is 5.11 Å². The van der Waals surface area contributed by atoms with Gasteiger partial charge in [-0.05, 0) is 57.1 Å². The zero-order valence-electron chi connectivity index (χ0n) is 12.0. The highest BCUT2D eigenvalue weighted by Gasteiger charge is 2.37. The van der Waals surface area contributed by atoms with Crippen molar-refractivity contribution in [3.8, 4) is 0 Å². The van der Waals surface area contributed by atoms with Gasteiger partial charge in [0.15, 0.2) is 0 Å². The van der Waals surface area contributed by atoms with Crippen molar-refractivity contribution >= 4 is 11.8 Å². The number of hydrogen-bond acceptors (Lipinski definition) is 3. The van der Waals surface area contributed by atoms with Gasteiger partial charge >= 0.3 is 0 Å². The lowest BCUT2D eigenvalue weighted by Gasteiger charge is -2.39. The van der Waals surface area contributed by atoms with E-state index < -0.39 is 0 Å². The second-order valence-corrected chi connectivity index (χ2v) is 7.47. The maximum absolute atomic E-state index is 9.33. The molecule has 2 rings (SSSR count). The van der Waals surface area contributed by atoms with Gasteiger partial charge in [0.2, 0.25) is 0 Å². The highest BCUT2D eigenvalue weighted by Crippen LogP contribution is 2.48. The van der Waals surface area contributed by atoms with E-state index in [0.717, 1.165) is 5.41 Å². The Morgan fingerprint density at radius 3 is 2.33 bits per heavy atom. The molecule has 2 saturated carbocycles.